The van der Waals surface area contributed by atoms with Crippen LogP contribution >= 0.6 is 27.5 Å². The molecule has 1 fully saturated rings. The quantitative estimate of drug-likeness (QED) is 0.859. The van der Waals surface area contributed by atoms with Gasteiger partial charge < -0.3 is 9.84 Å². The summed E-state index contributed by atoms with van der Waals surface area (Å²) in [7, 11) is 0. The maximum Gasteiger partial charge on any atom is 0.325 e. The number of nitrogens with one attached hydrogen (secondary N) is 1. The van der Waals surface area contributed by atoms with E-state index < -0.39 is 12.0 Å². The molecule has 1 aromatic carbocycles. The van der Waals surface area contributed by atoms with Gasteiger partial charge in [0, 0.05) is 22.6 Å². The van der Waals surface area contributed by atoms with Gasteiger partial charge in [0.1, 0.15) is 6.04 Å². The lowest BCUT2D eigenvalue weighted by Crippen LogP contribution is -2.34. The highest BCUT2D eigenvalue weighted by atomic mass is 79.9. The lowest BCUT2D eigenvalue weighted by Gasteiger charge is -2.18. The van der Waals surface area contributed by atoms with Gasteiger partial charge in [-0.1, -0.05) is 33.6 Å². The molecule has 1 saturated heterocycles. The molecular weight excluding hydrogens is 334 g/mol. The number of benzene rings is 1. The number of rotatable bonds is 5. The highest BCUT2D eigenvalue weighted by molar-refractivity contribution is 9.10. The highest BCUT2D eigenvalue weighted by Gasteiger charge is 2.24. The number of ether oxygens (including phenoxy) is 1. The highest BCUT2D eigenvalue weighted by Crippen LogP contribution is 2.27. The van der Waals surface area contributed by atoms with Crippen LogP contribution < -0.4 is 5.32 Å². The maximum atomic E-state index is 11.4. The van der Waals surface area contributed by atoms with Crippen LogP contribution in [-0.2, 0) is 9.53 Å². The monoisotopic (exact) mass is 347 g/mol. The molecule has 104 valence electrons. The maximum absolute atomic E-state index is 11.4. The van der Waals surface area contributed by atoms with E-state index in [9.17, 15) is 9.90 Å². The summed E-state index contributed by atoms with van der Waals surface area (Å²) in [6.45, 7) is 1.27. The molecule has 1 aromatic rings. The van der Waals surface area contributed by atoms with E-state index in [0.29, 0.717) is 17.1 Å². The van der Waals surface area contributed by atoms with Crippen LogP contribution in [0.15, 0.2) is 22.7 Å². The van der Waals surface area contributed by atoms with Gasteiger partial charge in [0.2, 0.25) is 0 Å². The van der Waals surface area contributed by atoms with Gasteiger partial charge in [-0.05, 0) is 30.5 Å². The Labute approximate surface area is 125 Å². The van der Waals surface area contributed by atoms with Crippen LogP contribution in [0.2, 0.25) is 5.02 Å². The molecule has 2 N–H and O–H groups in total. The van der Waals surface area contributed by atoms with Crippen molar-refractivity contribution in [3.05, 3.63) is 33.3 Å². The normalized spacial score (nSPS) is 20.4. The first kappa shape index (κ1) is 14.8. The Morgan fingerprint density at radius 3 is 3.00 bits per heavy atom. The summed E-state index contributed by atoms with van der Waals surface area (Å²) in [6.07, 6.45) is 2.09. The topological polar surface area (TPSA) is 58.6 Å². The molecule has 1 aliphatic heterocycles. The van der Waals surface area contributed by atoms with E-state index in [4.69, 9.17) is 16.3 Å². The standard InChI is InChI=1S/C13H15BrClNO3/c14-8-3-4-10(11(15)6-8)12(13(17)18)16-7-9-2-1-5-19-9/h3-4,6,9,12,16H,1-2,5,7H2,(H,17,18). The minimum absolute atomic E-state index is 0.0936. The fourth-order valence-corrected chi connectivity index (χ4v) is 2.90. The Bertz CT molecular complexity index is 463. The molecular formula is C13H15BrClNO3. The second-order valence-corrected chi connectivity index (χ2v) is 5.80. The van der Waals surface area contributed by atoms with E-state index in [2.05, 4.69) is 21.2 Å². The van der Waals surface area contributed by atoms with E-state index >= 15 is 0 Å². The number of carboxylic acids is 1. The Kier molecular flexibility index (Phi) is 5.21. The molecule has 19 heavy (non-hydrogen) atoms. The number of halogens is 2. The average Bonchev–Trinajstić information content (AvgIpc) is 2.84. The molecule has 2 rings (SSSR count). The zero-order chi connectivity index (χ0) is 13.8. The number of hydrogen-bond acceptors (Lipinski definition) is 3. The molecule has 4 nitrogen and oxygen atoms in total. The van der Waals surface area contributed by atoms with Crippen molar-refractivity contribution in [3.8, 4) is 0 Å². The molecule has 0 amide bonds. The lowest BCUT2D eigenvalue weighted by molar-refractivity contribution is -0.139. The van der Waals surface area contributed by atoms with Gasteiger partial charge in [-0.15, -0.1) is 0 Å². The summed E-state index contributed by atoms with van der Waals surface area (Å²) >= 11 is 9.40. The minimum atomic E-state index is -0.942. The van der Waals surface area contributed by atoms with Gasteiger partial charge in [0.15, 0.2) is 0 Å². The number of aliphatic carboxylic acids is 1. The van der Waals surface area contributed by atoms with Crippen LogP contribution in [0, 0.1) is 0 Å². The molecule has 0 radical (unpaired) electrons. The number of hydrogen-bond donors (Lipinski definition) is 2. The van der Waals surface area contributed by atoms with E-state index in [1.165, 1.54) is 0 Å². The summed E-state index contributed by atoms with van der Waals surface area (Å²) in [5, 5.41) is 12.8. The molecule has 0 spiro atoms. The Morgan fingerprint density at radius 1 is 1.63 bits per heavy atom. The van der Waals surface area contributed by atoms with Crippen LogP contribution in [0.4, 0.5) is 0 Å². The minimum Gasteiger partial charge on any atom is -0.480 e. The second kappa shape index (κ2) is 6.70. The molecule has 0 aromatic heterocycles. The molecule has 0 aliphatic carbocycles. The second-order valence-electron chi connectivity index (χ2n) is 4.48. The molecule has 1 aliphatic rings. The first-order chi connectivity index (χ1) is 9.08. The molecule has 2 unspecified atom stereocenters. The van der Waals surface area contributed by atoms with Gasteiger partial charge >= 0.3 is 5.97 Å². The van der Waals surface area contributed by atoms with Crippen molar-refractivity contribution in [2.24, 2.45) is 0 Å². The van der Waals surface area contributed by atoms with Crippen LogP contribution in [0.1, 0.15) is 24.4 Å². The van der Waals surface area contributed by atoms with Gasteiger partial charge in [-0.3, -0.25) is 10.1 Å². The van der Waals surface area contributed by atoms with Crippen molar-refractivity contribution >= 4 is 33.5 Å². The molecule has 0 saturated carbocycles. The van der Waals surface area contributed by atoms with Crippen LogP contribution in [0.5, 0.6) is 0 Å². The van der Waals surface area contributed by atoms with Gasteiger partial charge in [-0.25, -0.2) is 0 Å². The fourth-order valence-electron chi connectivity index (χ4n) is 2.12. The van der Waals surface area contributed by atoms with Gasteiger partial charge in [-0.2, -0.15) is 0 Å². The Morgan fingerprint density at radius 2 is 2.42 bits per heavy atom. The van der Waals surface area contributed by atoms with Crippen molar-refractivity contribution in [2.75, 3.05) is 13.2 Å². The predicted octanol–water partition coefficient (Wildman–Crippen LogP) is 3.00. The largest absolute Gasteiger partial charge is 0.480 e. The van der Waals surface area contributed by atoms with Crippen molar-refractivity contribution in [1.82, 2.24) is 5.32 Å². The SMILES string of the molecule is O=C(O)C(NCC1CCCO1)c1ccc(Br)cc1Cl. The van der Waals surface area contributed by atoms with E-state index in [1.807, 2.05) is 0 Å². The van der Waals surface area contributed by atoms with Crippen molar-refractivity contribution in [3.63, 3.8) is 0 Å². The summed E-state index contributed by atoms with van der Waals surface area (Å²) in [5.41, 5.74) is 0.565. The Balaban J connectivity index is 2.08. The van der Waals surface area contributed by atoms with Crippen molar-refractivity contribution in [1.29, 1.82) is 0 Å². The first-order valence-electron chi connectivity index (χ1n) is 6.10. The molecule has 6 heteroatoms. The van der Waals surface area contributed by atoms with E-state index in [1.54, 1.807) is 18.2 Å². The average molecular weight is 349 g/mol. The first-order valence-corrected chi connectivity index (χ1v) is 7.28. The van der Waals surface area contributed by atoms with Gasteiger partial charge in [0.25, 0.3) is 0 Å². The summed E-state index contributed by atoms with van der Waals surface area (Å²) in [6, 6.07) is 4.38. The smallest absolute Gasteiger partial charge is 0.325 e. The Hall–Kier alpha value is -0.620. The van der Waals surface area contributed by atoms with Gasteiger partial charge in [0.05, 0.1) is 6.10 Å². The van der Waals surface area contributed by atoms with Crippen molar-refractivity contribution < 1.29 is 14.6 Å². The third-order valence-electron chi connectivity index (χ3n) is 3.09. The summed E-state index contributed by atoms with van der Waals surface area (Å²) in [5.74, 6) is -0.942. The predicted molar refractivity (Wildman–Crippen MR) is 76.5 cm³/mol. The lowest BCUT2D eigenvalue weighted by atomic mass is 10.1. The number of carbonyl (C=O) groups is 1. The molecule has 1 heterocycles. The van der Waals surface area contributed by atoms with E-state index in [-0.39, 0.29) is 6.10 Å². The third kappa shape index (κ3) is 3.92. The summed E-state index contributed by atoms with van der Waals surface area (Å²) in [4.78, 5) is 11.4. The van der Waals surface area contributed by atoms with E-state index in [0.717, 1.165) is 23.9 Å². The third-order valence-corrected chi connectivity index (χ3v) is 3.91. The number of carboxylic acid groups (broad SMARTS) is 1. The fraction of sp³-hybridized carbons (Fsp3) is 0.462. The molecule has 2 atom stereocenters. The van der Waals surface area contributed by atoms with Crippen LogP contribution in [-0.4, -0.2) is 30.3 Å². The van der Waals surface area contributed by atoms with Crippen LogP contribution in [0.25, 0.3) is 0 Å². The summed E-state index contributed by atoms with van der Waals surface area (Å²) < 4.78 is 6.30. The zero-order valence-corrected chi connectivity index (χ0v) is 12.6. The van der Waals surface area contributed by atoms with Crippen molar-refractivity contribution in [2.45, 2.75) is 25.0 Å². The molecule has 0 bridgehead atoms. The zero-order valence-electron chi connectivity index (χ0n) is 10.2. The van der Waals surface area contributed by atoms with Crippen LogP contribution in [0.3, 0.4) is 0 Å².